The number of nitrogens with two attached hydrogens (primary N) is 1. The topological polar surface area (TPSA) is 35.2 Å². The Labute approximate surface area is 114 Å². The molecule has 0 aliphatic heterocycles. The number of benzene rings is 2. The first-order valence-corrected chi connectivity index (χ1v) is 6.43. The van der Waals surface area contributed by atoms with Crippen molar-refractivity contribution in [2.24, 2.45) is 5.73 Å². The fraction of sp³-hybridized carbons (Fsp3) is 0.176. The van der Waals surface area contributed by atoms with Gasteiger partial charge < -0.3 is 10.5 Å². The van der Waals surface area contributed by atoms with Crippen molar-refractivity contribution in [3.8, 4) is 5.75 Å². The zero-order valence-electron chi connectivity index (χ0n) is 11.0. The lowest BCUT2D eigenvalue weighted by atomic mass is 10.0. The van der Waals surface area contributed by atoms with Crippen LogP contribution in [0.15, 0.2) is 67.3 Å². The minimum atomic E-state index is -0.0653. The van der Waals surface area contributed by atoms with E-state index in [2.05, 4.69) is 6.58 Å². The standard InChI is InChI=1S/C17H19NO/c1-2-8-16(18)15-11-6-7-12-17(15)19-13-14-9-4-3-5-10-14/h2-7,9-12,16H,1,8,13,18H2/t16-/m1/s1. The van der Waals surface area contributed by atoms with E-state index in [0.717, 1.165) is 23.3 Å². The van der Waals surface area contributed by atoms with Crippen molar-refractivity contribution < 1.29 is 4.74 Å². The average molecular weight is 253 g/mol. The average Bonchev–Trinajstić information content (AvgIpc) is 2.47. The smallest absolute Gasteiger partial charge is 0.124 e. The Morgan fingerprint density at radius 3 is 2.47 bits per heavy atom. The molecule has 0 bridgehead atoms. The highest BCUT2D eigenvalue weighted by atomic mass is 16.5. The molecular weight excluding hydrogens is 234 g/mol. The molecule has 98 valence electrons. The van der Waals surface area contributed by atoms with Crippen molar-refractivity contribution in [2.45, 2.75) is 19.1 Å². The molecule has 0 aliphatic rings. The highest BCUT2D eigenvalue weighted by Crippen LogP contribution is 2.26. The molecular formula is C17H19NO. The van der Waals surface area contributed by atoms with Gasteiger partial charge in [-0.05, 0) is 18.1 Å². The first-order valence-electron chi connectivity index (χ1n) is 6.43. The molecule has 0 radical (unpaired) electrons. The van der Waals surface area contributed by atoms with Gasteiger partial charge in [-0.25, -0.2) is 0 Å². The summed E-state index contributed by atoms with van der Waals surface area (Å²) >= 11 is 0. The quantitative estimate of drug-likeness (QED) is 0.794. The summed E-state index contributed by atoms with van der Waals surface area (Å²) in [4.78, 5) is 0. The number of ether oxygens (including phenoxy) is 1. The van der Waals surface area contributed by atoms with Gasteiger partial charge in [0.05, 0.1) is 0 Å². The molecule has 2 N–H and O–H groups in total. The van der Waals surface area contributed by atoms with Crippen LogP contribution < -0.4 is 10.5 Å². The molecule has 0 saturated heterocycles. The van der Waals surface area contributed by atoms with E-state index in [4.69, 9.17) is 10.5 Å². The summed E-state index contributed by atoms with van der Waals surface area (Å²) in [7, 11) is 0. The van der Waals surface area contributed by atoms with Crippen molar-refractivity contribution >= 4 is 0 Å². The van der Waals surface area contributed by atoms with Crippen LogP contribution >= 0.6 is 0 Å². The number of rotatable bonds is 6. The molecule has 0 heterocycles. The second-order valence-corrected chi connectivity index (χ2v) is 4.44. The van der Waals surface area contributed by atoms with E-state index in [9.17, 15) is 0 Å². The van der Waals surface area contributed by atoms with E-state index in [0.29, 0.717) is 6.61 Å². The Kier molecular flexibility index (Phi) is 4.76. The number of para-hydroxylation sites is 1. The number of hydrogen-bond acceptors (Lipinski definition) is 2. The molecule has 0 spiro atoms. The van der Waals surface area contributed by atoms with E-state index in [1.54, 1.807) is 0 Å². The highest BCUT2D eigenvalue weighted by Gasteiger charge is 2.10. The van der Waals surface area contributed by atoms with Crippen LogP contribution in [0.25, 0.3) is 0 Å². The summed E-state index contributed by atoms with van der Waals surface area (Å²) in [6.07, 6.45) is 2.57. The Morgan fingerprint density at radius 1 is 1.05 bits per heavy atom. The molecule has 0 unspecified atom stereocenters. The Balaban J connectivity index is 2.09. The first-order chi connectivity index (χ1) is 9.31. The van der Waals surface area contributed by atoms with E-state index in [-0.39, 0.29) is 6.04 Å². The Hall–Kier alpha value is -2.06. The van der Waals surface area contributed by atoms with Crippen molar-refractivity contribution in [1.82, 2.24) is 0 Å². The zero-order chi connectivity index (χ0) is 13.5. The summed E-state index contributed by atoms with van der Waals surface area (Å²) in [5.74, 6) is 0.848. The predicted molar refractivity (Wildman–Crippen MR) is 79.0 cm³/mol. The van der Waals surface area contributed by atoms with Gasteiger partial charge in [-0.3, -0.25) is 0 Å². The third-order valence-corrected chi connectivity index (χ3v) is 2.98. The molecule has 2 nitrogen and oxygen atoms in total. The minimum absolute atomic E-state index is 0.0653. The van der Waals surface area contributed by atoms with E-state index in [1.807, 2.05) is 60.7 Å². The summed E-state index contributed by atoms with van der Waals surface area (Å²) < 4.78 is 5.88. The molecule has 2 rings (SSSR count). The lowest BCUT2D eigenvalue weighted by Gasteiger charge is -2.15. The van der Waals surface area contributed by atoms with E-state index < -0.39 is 0 Å². The minimum Gasteiger partial charge on any atom is -0.489 e. The first kappa shape index (κ1) is 13.4. The molecule has 2 aromatic rings. The van der Waals surface area contributed by atoms with Gasteiger partial charge in [0.15, 0.2) is 0 Å². The van der Waals surface area contributed by atoms with Crippen LogP contribution in [0.1, 0.15) is 23.6 Å². The van der Waals surface area contributed by atoms with E-state index >= 15 is 0 Å². The summed E-state index contributed by atoms with van der Waals surface area (Å²) in [6, 6.07) is 18.0. The van der Waals surface area contributed by atoms with Gasteiger partial charge in [0.1, 0.15) is 12.4 Å². The second kappa shape index (κ2) is 6.76. The Bertz CT molecular complexity index is 522. The fourth-order valence-electron chi connectivity index (χ4n) is 1.96. The normalized spacial score (nSPS) is 11.8. The van der Waals surface area contributed by atoms with Gasteiger partial charge in [0.25, 0.3) is 0 Å². The molecule has 2 aromatic carbocycles. The highest BCUT2D eigenvalue weighted by molar-refractivity contribution is 5.36. The summed E-state index contributed by atoms with van der Waals surface area (Å²) in [5, 5.41) is 0. The monoisotopic (exact) mass is 253 g/mol. The van der Waals surface area contributed by atoms with Gasteiger partial charge in [-0.15, -0.1) is 6.58 Å². The van der Waals surface area contributed by atoms with Crippen LogP contribution in [0.3, 0.4) is 0 Å². The van der Waals surface area contributed by atoms with Crippen LogP contribution in [0.4, 0.5) is 0 Å². The van der Waals surface area contributed by atoms with Gasteiger partial charge in [-0.2, -0.15) is 0 Å². The van der Waals surface area contributed by atoms with Crippen molar-refractivity contribution in [3.05, 3.63) is 78.4 Å². The lowest BCUT2D eigenvalue weighted by Crippen LogP contribution is -2.11. The third kappa shape index (κ3) is 3.70. The van der Waals surface area contributed by atoms with Crippen LogP contribution in [0.5, 0.6) is 5.75 Å². The Morgan fingerprint density at radius 2 is 1.74 bits per heavy atom. The van der Waals surface area contributed by atoms with Crippen molar-refractivity contribution in [1.29, 1.82) is 0 Å². The maximum atomic E-state index is 6.12. The SMILES string of the molecule is C=CC[C@@H](N)c1ccccc1OCc1ccccc1. The summed E-state index contributed by atoms with van der Waals surface area (Å²) in [5.41, 5.74) is 8.30. The van der Waals surface area contributed by atoms with Crippen LogP contribution in [0.2, 0.25) is 0 Å². The third-order valence-electron chi connectivity index (χ3n) is 2.98. The van der Waals surface area contributed by atoms with E-state index in [1.165, 1.54) is 0 Å². The molecule has 19 heavy (non-hydrogen) atoms. The predicted octanol–water partition coefficient (Wildman–Crippen LogP) is 3.84. The van der Waals surface area contributed by atoms with Crippen LogP contribution in [-0.4, -0.2) is 0 Å². The molecule has 0 fully saturated rings. The lowest BCUT2D eigenvalue weighted by molar-refractivity contribution is 0.301. The van der Waals surface area contributed by atoms with Crippen molar-refractivity contribution in [2.75, 3.05) is 0 Å². The molecule has 0 aliphatic carbocycles. The van der Waals surface area contributed by atoms with Crippen molar-refractivity contribution in [3.63, 3.8) is 0 Å². The zero-order valence-corrected chi connectivity index (χ0v) is 11.0. The molecule has 1 atom stereocenters. The largest absolute Gasteiger partial charge is 0.489 e. The van der Waals surface area contributed by atoms with Gasteiger partial charge >= 0.3 is 0 Å². The van der Waals surface area contributed by atoms with Gasteiger partial charge in [0.2, 0.25) is 0 Å². The number of hydrogen-bond donors (Lipinski definition) is 1. The second-order valence-electron chi connectivity index (χ2n) is 4.44. The van der Waals surface area contributed by atoms with Crippen LogP contribution in [0, 0.1) is 0 Å². The van der Waals surface area contributed by atoms with Gasteiger partial charge in [0, 0.05) is 11.6 Å². The maximum Gasteiger partial charge on any atom is 0.124 e. The molecule has 0 amide bonds. The molecule has 0 aromatic heterocycles. The fourth-order valence-corrected chi connectivity index (χ4v) is 1.96. The molecule has 2 heteroatoms. The maximum absolute atomic E-state index is 6.12. The van der Waals surface area contributed by atoms with Crippen LogP contribution in [-0.2, 0) is 6.61 Å². The molecule has 0 saturated carbocycles. The van der Waals surface area contributed by atoms with Gasteiger partial charge in [-0.1, -0.05) is 54.6 Å². The summed E-state index contributed by atoms with van der Waals surface area (Å²) in [6.45, 7) is 4.28.